The van der Waals surface area contributed by atoms with E-state index in [9.17, 15) is 0 Å². The predicted octanol–water partition coefficient (Wildman–Crippen LogP) is 0.386. The van der Waals surface area contributed by atoms with E-state index >= 15 is 0 Å². The third-order valence-electron chi connectivity index (χ3n) is 1.75. The van der Waals surface area contributed by atoms with Crippen LogP contribution >= 0.6 is 24.0 Å². The Hall–Kier alpha value is -1.08. The molecule has 0 aliphatic rings. The Morgan fingerprint density at radius 3 is 2.94 bits per heavy atom. The van der Waals surface area contributed by atoms with Crippen LogP contribution in [0.4, 0.5) is 5.82 Å². The van der Waals surface area contributed by atoms with E-state index in [1.54, 1.807) is 24.9 Å². The van der Waals surface area contributed by atoms with Gasteiger partial charge in [-0.2, -0.15) is 16.9 Å². The highest BCUT2D eigenvalue weighted by atomic mass is 32.2. The second-order valence-corrected chi connectivity index (χ2v) is 4.52. The molecule has 7 heteroatoms. The molecule has 4 N–H and O–H groups in total. The van der Waals surface area contributed by atoms with Crippen LogP contribution < -0.4 is 16.4 Å². The average molecular weight is 257 g/mol. The Labute approximate surface area is 105 Å². The molecule has 1 aromatic rings. The maximum absolute atomic E-state index is 5.44. The lowest BCUT2D eigenvalue weighted by Gasteiger charge is -2.06. The Morgan fingerprint density at radius 2 is 2.31 bits per heavy atom. The molecule has 0 radical (unpaired) electrons. The topological polar surface area (TPSA) is 75.9 Å². The van der Waals surface area contributed by atoms with Crippen molar-refractivity contribution in [1.29, 1.82) is 0 Å². The number of nitrogens with zero attached hydrogens (tertiary/aromatic N) is 2. The lowest BCUT2D eigenvalue weighted by atomic mass is 10.4. The van der Waals surface area contributed by atoms with Gasteiger partial charge in [-0.05, 0) is 24.4 Å². The van der Waals surface area contributed by atoms with Gasteiger partial charge in [-0.25, -0.2) is 0 Å². The number of hydrogen-bond acceptors (Lipinski definition) is 5. The Morgan fingerprint density at radius 1 is 1.50 bits per heavy atom. The third-order valence-corrected chi connectivity index (χ3v) is 3.09. The number of thioether (sulfide) groups is 1. The molecule has 0 saturated carbocycles. The first kappa shape index (κ1) is 13.0. The molecule has 0 amide bonds. The van der Waals surface area contributed by atoms with Gasteiger partial charge in [0.1, 0.15) is 5.82 Å². The van der Waals surface area contributed by atoms with Crippen LogP contribution in [0.25, 0.3) is 0 Å². The zero-order valence-corrected chi connectivity index (χ0v) is 10.7. The molecule has 0 atom stereocenters. The van der Waals surface area contributed by atoms with E-state index in [0.717, 1.165) is 23.7 Å². The minimum absolute atomic E-state index is 0.454. The van der Waals surface area contributed by atoms with Gasteiger partial charge in [-0.3, -0.25) is 0 Å². The fourth-order valence-corrected chi connectivity index (χ4v) is 1.80. The monoisotopic (exact) mass is 257 g/mol. The second kappa shape index (κ2) is 7.24. The highest BCUT2D eigenvalue weighted by Crippen LogP contribution is 2.08. The number of hydrogen-bond donors (Lipinski definition) is 3. The van der Waals surface area contributed by atoms with Crippen molar-refractivity contribution in [3.8, 4) is 0 Å². The van der Waals surface area contributed by atoms with Gasteiger partial charge in [-0.1, -0.05) is 0 Å². The van der Waals surface area contributed by atoms with E-state index in [0.29, 0.717) is 10.9 Å². The van der Waals surface area contributed by atoms with Crippen molar-refractivity contribution in [2.45, 2.75) is 5.75 Å². The lowest BCUT2D eigenvalue weighted by Crippen LogP contribution is -2.33. The molecule has 5 nitrogen and oxygen atoms in total. The van der Waals surface area contributed by atoms with E-state index in [1.165, 1.54) is 0 Å². The van der Waals surface area contributed by atoms with Crippen molar-refractivity contribution in [3.63, 3.8) is 0 Å². The van der Waals surface area contributed by atoms with Crippen LogP contribution in [-0.2, 0) is 5.75 Å². The summed E-state index contributed by atoms with van der Waals surface area (Å²) in [5.74, 6) is 2.25. The molecule has 0 fully saturated rings. The quantitative estimate of drug-likeness (QED) is 0.520. The van der Waals surface area contributed by atoms with Gasteiger partial charge in [0.25, 0.3) is 0 Å². The van der Waals surface area contributed by atoms with Crippen LogP contribution in [-0.4, -0.2) is 34.7 Å². The van der Waals surface area contributed by atoms with E-state index in [4.69, 9.17) is 18.0 Å². The molecule has 0 aliphatic heterocycles. The van der Waals surface area contributed by atoms with Gasteiger partial charge >= 0.3 is 0 Å². The highest BCUT2D eigenvalue weighted by molar-refractivity contribution is 7.98. The van der Waals surface area contributed by atoms with Crippen LogP contribution in [0.15, 0.2) is 12.1 Å². The third kappa shape index (κ3) is 5.13. The first-order valence-corrected chi connectivity index (χ1v) is 6.40. The summed E-state index contributed by atoms with van der Waals surface area (Å²) < 4.78 is 0. The normalized spacial score (nSPS) is 9.81. The van der Waals surface area contributed by atoms with Crippen LogP contribution in [0.5, 0.6) is 0 Å². The fourth-order valence-electron chi connectivity index (χ4n) is 0.949. The first-order chi connectivity index (χ1) is 7.72. The summed E-state index contributed by atoms with van der Waals surface area (Å²) >= 11 is 6.72. The van der Waals surface area contributed by atoms with Crippen molar-refractivity contribution in [3.05, 3.63) is 17.8 Å². The standard InChI is InChI=1S/C9H15N5S2/c1-11-9(15)12-4-5-16-6-7-2-3-8(10)14-13-7/h2-3H,4-6H2,1H3,(H2,10,14)(H2,11,12,15). The maximum Gasteiger partial charge on any atom is 0.166 e. The lowest BCUT2D eigenvalue weighted by molar-refractivity contribution is 0.940. The van der Waals surface area contributed by atoms with Crippen molar-refractivity contribution < 1.29 is 0 Å². The summed E-state index contributed by atoms with van der Waals surface area (Å²) in [6.45, 7) is 0.840. The summed E-state index contributed by atoms with van der Waals surface area (Å²) in [5, 5.41) is 14.4. The summed E-state index contributed by atoms with van der Waals surface area (Å²) in [6.07, 6.45) is 0. The number of nitrogens with one attached hydrogen (secondary N) is 2. The summed E-state index contributed by atoms with van der Waals surface area (Å²) in [4.78, 5) is 0. The number of anilines is 1. The zero-order valence-electron chi connectivity index (χ0n) is 9.06. The van der Waals surface area contributed by atoms with E-state index in [-0.39, 0.29) is 0 Å². The minimum Gasteiger partial charge on any atom is -0.382 e. The average Bonchev–Trinajstić information content (AvgIpc) is 2.31. The molecular formula is C9H15N5S2. The van der Waals surface area contributed by atoms with Crippen molar-refractivity contribution in [1.82, 2.24) is 20.8 Å². The molecule has 0 spiro atoms. The van der Waals surface area contributed by atoms with Gasteiger partial charge in [0.05, 0.1) is 5.69 Å². The summed E-state index contributed by atoms with van der Waals surface area (Å²) in [7, 11) is 1.80. The Balaban J connectivity index is 2.11. The summed E-state index contributed by atoms with van der Waals surface area (Å²) in [6, 6.07) is 3.65. The maximum atomic E-state index is 5.44. The predicted molar refractivity (Wildman–Crippen MR) is 72.3 cm³/mol. The zero-order chi connectivity index (χ0) is 11.8. The molecule has 1 heterocycles. The molecule has 16 heavy (non-hydrogen) atoms. The molecule has 0 aliphatic carbocycles. The van der Waals surface area contributed by atoms with Crippen LogP contribution in [0.1, 0.15) is 5.69 Å². The number of aromatic nitrogens is 2. The summed E-state index contributed by atoms with van der Waals surface area (Å²) in [5.41, 5.74) is 6.38. The number of rotatable bonds is 5. The van der Waals surface area contributed by atoms with Crippen molar-refractivity contribution in [2.24, 2.45) is 0 Å². The second-order valence-electron chi connectivity index (χ2n) is 3.01. The number of thiocarbonyl (C=S) groups is 1. The molecule has 0 aromatic carbocycles. The van der Waals surface area contributed by atoms with Gasteiger partial charge in [-0.15, -0.1) is 5.10 Å². The van der Waals surface area contributed by atoms with E-state index in [2.05, 4.69) is 20.8 Å². The van der Waals surface area contributed by atoms with Crippen LogP contribution in [0, 0.1) is 0 Å². The first-order valence-electron chi connectivity index (χ1n) is 4.84. The van der Waals surface area contributed by atoms with Crippen molar-refractivity contribution in [2.75, 3.05) is 25.1 Å². The molecule has 1 rings (SSSR count). The van der Waals surface area contributed by atoms with Gasteiger partial charge < -0.3 is 16.4 Å². The molecule has 0 unspecified atom stereocenters. The molecule has 88 valence electrons. The molecular weight excluding hydrogens is 242 g/mol. The number of nitrogen functional groups attached to an aromatic ring is 1. The van der Waals surface area contributed by atoms with E-state index < -0.39 is 0 Å². The van der Waals surface area contributed by atoms with Crippen LogP contribution in [0.3, 0.4) is 0 Å². The smallest absolute Gasteiger partial charge is 0.166 e. The number of nitrogens with two attached hydrogens (primary N) is 1. The van der Waals surface area contributed by atoms with Gasteiger partial charge in [0.2, 0.25) is 0 Å². The Bertz CT molecular complexity index is 327. The van der Waals surface area contributed by atoms with Crippen molar-refractivity contribution >= 4 is 34.9 Å². The highest BCUT2D eigenvalue weighted by Gasteiger charge is 1.96. The van der Waals surface area contributed by atoms with Gasteiger partial charge in [0.15, 0.2) is 5.11 Å². The van der Waals surface area contributed by atoms with Gasteiger partial charge in [0, 0.05) is 25.1 Å². The molecule has 0 saturated heterocycles. The SMILES string of the molecule is CNC(=S)NCCSCc1ccc(N)nn1. The minimum atomic E-state index is 0.454. The van der Waals surface area contributed by atoms with E-state index in [1.807, 2.05) is 6.07 Å². The largest absolute Gasteiger partial charge is 0.382 e. The molecule has 0 bridgehead atoms. The molecule has 1 aromatic heterocycles. The van der Waals surface area contributed by atoms with Crippen LogP contribution in [0.2, 0.25) is 0 Å². The fraction of sp³-hybridized carbons (Fsp3) is 0.444. The Kier molecular flexibility index (Phi) is 5.87.